The Labute approximate surface area is 217 Å². The second-order valence-electron chi connectivity index (χ2n) is 13.1. The molecule has 0 aliphatic carbocycles. The molecular formula is C28H47BO7. The van der Waals surface area contributed by atoms with E-state index < -0.39 is 7.32 Å². The molecule has 0 aliphatic rings. The van der Waals surface area contributed by atoms with Gasteiger partial charge in [-0.05, 0) is 44.9 Å². The molecule has 0 atom stereocenters. The Morgan fingerprint density at radius 3 is 0.833 bits per heavy atom. The lowest BCUT2D eigenvalue weighted by Gasteiger charge is -2.26. The Morgan fingerprint density at radius 2 is 0.667 bits per heavy atom. The zero-order valence-corrected chi connectivity index (χ0v) is 24.0. The second kappa shape index (κ2) is 11.8. The second-order valence-corrected chi connectivity index (χ2v) is 13.1. The average Bonchev–Trinajstić information content (AvgIpc) is 2.62. The van der Waals surface area contributed by atoms with Crippen molar-refractivity contribution in [2.24, 2.45) is 0 Å². The molecule has 204 valence electrons. The van der Waals surface area contributed by atoms with Crippen molar-refractivity contribution in [2.75, 3.05) is 0 Å². The van der Waals surface area contributed by atoms with E-state index in [-0.39, 0.29) is 44.7 Å². The average molecular weight is 506 g/mol. The SMILES string of the molecule is CC(C)(C)c1cc(O)c(O)c(C(C)(C)C)c1.CC(C)(C)c1cc(O)c(O)c(C(C)(C)C)c1.OB(O)O. The topological polar surface area (TPSA) is 142 Å². The van der Waals surface area contributed by atoms with Crippen LogP contribution in [0.4, 0.5) is 0 Å². The third-order valence-electron chi connectivity index (χ3n) is 5.53. The molecule has 2 aromatic carbocycles. The van der Waals surface area contributed by atoms with Crippen molar-refractivity contribution in [3.8, 4) is 23.0 Å². The zero-order valence-electron chi connectivity index (χ0n) is 24.0. The van der Waals surface area contributed by atoms with Crippen LogP contribution in [0.25, 0.3) is 0 Å². The molecule has 0 heterocycles. The Hall–Kier alpha value is -2.42. The van der Waals surface area contributed by atoms with Crippen molar-refractivity contribution in [2.45, 2.75) is 105 Å². The highest BCUT2D eigenvalue weighted by atomic mass is 16.5. The van der Waals surface area contributed by atoms with Crippen LogP contribution in [0.15, 0.2) is 24.3 Å². The molecule has 0 amide bonds. The minimum Gasteiger partial charge on any atom is -0.504 e. The number of phenols is 4. The number of rotatable bonds is 0. The molecule has 0 radical (unpaired) electrons. The molecule has 0 spiro atoms. The summed E-state index contributed by atoms with van der Waals surface area (Å²) < 4.78 is 0. The van der Waals surface area contributed by atoms with Gasteiger partial charge in [0.2, 0.25) is 0 Å². The van der Waals surface area contributed by atoms with E-state index in [9.17, 15) is 20.4 Å². The summed E-state index contributed by atoms with van der Waals surface area (Å²) in [6, 6.07) is 7.25. The van der Waals surface area contributed by atoms with E-state index in [1.54, 1.807) is 12.1 Å². The van der Waals surface area contributed by atoms with E-state index in [1.165, 1.54) is 0 Å². The normalized spacial score (nSPS) is 12.2. The van der Waals surface area contributed by atoms with Crippen molar-refractivity contribution >= 4 is 7.32 Å². The lowest BCUT2D eigenvalue weighted by molar-refractivity contribution is 0.278. The quantitative estimate of drug-likeness (QED) is 0.189. The van der Waals surface area contributed by atoms with Gasteiger partial charge in [0.05, 0.1) is 0 Å². The van der Waals surface area contributed by atoms with Crippen molar-refractivity contribution in [3.05, 3.63) is 46.5 Å². The molecule has 2 aromatic rings. The minimum atomic E-state index is -2.17. The number of benzene rings is 2. The Morgan fingerprint density at radius 1 is 0.444 bits per heavy atom. The number of hydrogen-bond acceptors (Lipinski definition) is 7. The fourth-order valence-electron chi connectivity index (χ4n) is 3.25. The molecular weight excluding hydrogens is 459 g/mol. The van der Waals surface area contributed by atoms with Crippen molar-refractivity contribution in [1.29, 1.82) is 0 Å². The Bertz CT molecular complexity index is 921. The highest BCUT2D eigenvalue weighted by Crippen LogP contribution is 2.41. The van der Waals surface area contributed by atoms with Gasteiger partial charge in [-0.1, -0.05) is 95.2 Å². The maximum absolute atomic E-state index is 9.87. The molecule has 2 rings (SSSR count). The Kier molecular flexibility index (Phi) is 11.0. The van der Waals surface area contributed by atoms with Crippen LogP contribution in [0.3, 0.4) is 0 Å². The summed E-state index contributed by atoms with van der Waals surface area (Å²) in [7, 11) is -2.17. The monoisotopic (exact) mass is 506 g/mol. The summed E-state index contributed by atoms with van der Waals surface area (Å²) >= 11 is 0. The lowest BCUT2D eigenvalue weighted by atomic mass is 9.80. The van der Waals surface area contributed by atoms with E-state index in [1.807, 2.05) is 53.7 Å². The summed E-state index contributed by atoms with van der Waals surface area (Å²) in [6.07, 6.45) is 0. The van der Waals surface area contributed by atoms with E-state index in [0.29, 0.717) is 0 Å². The predicted octanol–water partition coefficient (Wildman–Crippen LogP) is 5.33. The summed E-state index contributed by atoms with van der Waals surface area (Å²) in [5.74, 6) is -0.0595. The van der Waals surface area contributed by atoms with Gasteiger partial charge in [-0.2, -0.15) is 0 Å². The number of phenolic OH excluding ortho intramolecular Hbond substituents is 4. The highest BCUT2D eigenvalue weighted by Gasteiger charge is 2.25. The van der Waals surface area contributed by atoms with Gasteiger partial charge in [-0.15, -0.1) is 0 Å². The maximum Gasteiger partial charge on any atom is 0.631 e. The summed E-state index contributed by atoms with van der Waals surface area (Å²) in [5, 5.41) is 60.8. The third-order valence-corrected chi connectivity index (χ3v) is 5.53. The van der Waals surface area contributed by atoms with E-state index in [0.717, 1.165) is 22.3 Å². The summed E-state index contributed by atoms with van der Waals surface area (Å²) in [4.78, 5) is 0. The van der Waals surface area contributed by atoms with Gasteiger partial charge in [-0.25, -0.2) is 0 Å². The van der Waals surface area contributed by atoms with Crippen molar-refractivity contribution < 1.29 is 35.5 Å². The molecule has 0 aromatic heterocycles. The fourth-order valence-corrected chi connectivity index (χ4v) is 3.25. The molecule has 8 heteroatoms. The van der Waals surface area contributed by atoms with Crippen LogP contribution in [0, 0.1) is 0 Å². The minimum absolute atomic E-state index is 0.000463. The first-order valence-corrected chi connectivity index (χ1v) is 12.0. The first-order chi connectivity index (χ1) is 15.8. The summed E-state index contributed by atoms with van der Waals surface area (Å²) in [6.45, 7) is 24.7. The van der Waals surface area contributed by atoms with Gasteiger partial charge in [0.25, 0.3) is 0 Å². The molecule has 7 nitrogen and oxygen atoms in total. The van der Waals surface area contributed by atoms with Crippen LogP contribution in [0.2, 0.25) is 0 Å². The first kappa shape index (κ1) is 33.6. The van der Waals surface area contributed by atoms with Crippen molar-refractivity contribution in [1.82, 2.24) is 0 Å². The van der Waals surface area contributed by atoms with Crippen molar-refractivity contribution in [3.63, 3.8) is 0 Å². The molecule has 0 saturated heterocycles. The lowest BCUT2D eigenvalue weighted by Crippen LogP contribution is -2.16. The molecule has 0 bridgehead atoms. The highest BCUT2D eigenvalue weighted by molar-refractivity contribution is 6.30. The van der Waals surface area contributed by atoms with Gasteiger partial charge in [-0.3, -0.25) is 0 Å². The van der Waals surface area contributed by atoms with Crippen LogP contribution in [-0.4, -0.2) is 42.8 Å². The smallest absolute Gasteiger partial charge is 0.504 e. The van der Waals surface area contributed by atoms with Gasteiger partial charge < -0.3 is 35.5 Å². The molecule has 7 N–H and O–H groups in total. The van der Waals surface area contributed by atoms with Gasteiger partial charge in [0, 0.05) is 11.1 Å². The molecule has 36 heavy (non-hydrogen) atoms. The van der Waals surface area contributed by atoms with Crippen LogP contribution in [-0.2, 0) is 21.7 Å². The van der Waals surface area contributed by atoms with Gasteiger partial charge in [0.1, 0.15) is 0 Å². The van der Waals surface area contributed by atoms with E-state index in [4.69, 9.17) is 15.1 Å². The third kappa shape index (κ3) is 10.3. The van der Waals surface area contributed by atoms with Crippen LogP contribution in [0.5, 0.6) is 23.0 Å². The molecule has 0 fully saturated rings. The predicted molar refractivity (Wildman–Crippen MR) is 147 cm³/mol. The zero-order chi connectivity index (χ0) is 29.0. The van der Waals surface area contributed by atoms with Gasteiger partial charge >= 0.3 is 7.32 Å². The first-order valence-electron chi connectivity index (χ1n) is 12.0. The number of hydrogen-bond donors (Lipinski definition) is 7. The standard InChI is InChI=1S/2C14H22O2.BH3O3/c2*1-13(2,3)9-7-10(14(4,5)6)12(16)11(15)8-9;2-1(3)4/h2*7-8,15-16H,1-6H3;2-4H. The maximum atomic E-state index is 9.87. The molecule has 0 saturated carbocycles. The van der Waals surface area contributed by atoms with E-state index in [2.05, 4.69) is 41.5 Å². The number of aromatic hydroxyl groups is 4. The molecule has 0 unspecified atom stereocenters. The van der Waals surface area contributed by atoms with Crippen LogP contribution < -0.4 is 0 Å². The van der Waals surface area contributed by atoms with Crippen LogP contribution in [0.1, 0.15) is 105 Å². The molecule has 0 aliphatic heterocycles. The van der Waals surface area contributed by atoms with Gasteiger partial charge in [0.15, 0.2) is 23.0 Å². The Balaban J connectivity index is 0.000000593. The fraction of sp³-hybridized carbons (Fsp3) is 0.571. The van der Waals surface area contributed by atoms with Crippen LogP contribution >= 0.6 is 0 Å². The summed E-state index contributed by atoms with van der Waals surface area (Å²) in [5.41, 5.74) is 3.22. The van der Waals surface area contributed by atoms with E-state index >= 15 is 0 Å². The largest absolute Gasteiger partial charge is 0.631 e.